The molecule has 1 fully saturated rings. The van der Waals surface area contributed by atoms with Gasteiger partial charge in [0.1, 0.15) is 11.8 Å². The Morgan fingerprint density at radius 1 is 1.12 bits per heavy atom. The molecule has 0 saturated carbocycles. The fourth-order valence-corrected chi connectivity index (χ4v) is 4.23. The lowest BCUT2D eigenvalue weighted by molar-refractivity contribution is -0.118. The molecule has 0 aromatic heterocycles. The third-order valence-corrected chi connectivity index (χ3v) is 5.47. The topological polar surface area (TPSA) is 75.7 Å². The fraction of sp³-hybridized carbons (Fsp3) is 0.278. The standard InChI is InChI=1S/C18H20N2O4S/c1-24-16-9-7-15(8-10-16)20-12-11-17(18(20)21)19-25(22,23)13-14-5-3-2-4-6-14/h2-10,17,19H,11-13H2,1H3/t17-/m1/s1. The molecule has 7 heteroatoms. The van der Waals surface area contributed by atoms with Crippen molar-refractivity contribution in [3.8, 4) is 5.75 Å². The zero-order chi connectivity index (χ0) is 17.9. The minimum atomic E-state index is -3.58. The number of hydrogen-bond donors (Lipinski definition) is 1. The summed E-state index contributed by atoms with van der Waals surface area (Å²) in [6.07, 6.45) is 0.443. The van der Waals surface area contributed by atoms with Crippen molar-refractivity contribution in [3.63, 3.8) is 0 Å². The summed E-state index contributed by atoms with van der Waals surface area (Å²) in [5, 5.41) is 0. The van der Waals surface area contributed by atoms with Crippen molar-refractivity contribution in [1.82, 2.24) is 4.72 Å². The molecule has 0 radical (unpaired) electrons. The van der Waals surface area contributed by atoms with Crippen molar-refractivity contribution in [1.29, 1.82) is 0 Å². The van der Waals surface area contributed by atoms with E-state index in [-0.39, 0.29) is 11.7 Å². The van der Waals surface area contributed by atoms with E-state index in [1.807, 2.05) is 6.07 Å². The maximum absolute atomic E-state index is 12.6. The van der Waals surface area contributed by atoms with Crippen LogP contribution in [0.1, 0.15) is 12.0 Å². The zero-order valence-corrected chi connectivity index (χ0v) is 14.7. The molecule has 0 bridgehead atoms. The summed E-state index contributed by atoms with van der Waals surface area (Å²) < 4.78 is 32.3. The van der Waals surface area contributed by atoms with E-state index in [1.165, 1.54) is 0 Å². The first-order valence-corrected chi connectivity index (χ1v) is 9.63. The summed E-state index contributed by atoms with van der Waals surface area (Å²) in [5.41, 5.74) is 1.42. The Balaban J connectivity index is 1.67. The lowest BCUT2D eigenvalue weighted by Gasteiger charge is -2.17. The minimum absolute atomic E-state index is 0.139. The van der Waals surface area contributed by atoms with Gasteiger partial charge in [-0.3, -0.25) is 4.79 Å². The summed E-state index contributed by atoms with van der Waals surface area (Å²) in [7, 11) is -2.01. The highest BCUT2D eigenvalue weighted by Crippen LogP contribution is 2.24. The number of nitrogens with one attached hydrogen (secondary N) is 1. The monoisotopic (exact) mass is 360 g/mol. The van der Waals surface area contributed by atoms with E-state index < -0.39 is 16.1 Å². The van der Waals surface area contributed by atoms with Crippen molar-refractivity contribution in [3.05, 3.63) is 60.2 Å². The van der Waals surface area contributed by atoms with E-state index in [0.717, 1.165) is 5.69 Å². The van der Waals surface area contributed by atoms with Gasteiger partial charge in [0.05, 0.1) is 12.9 Å². The Kier molecular flexibility index (Phi) is 5.06. The Morgan fingerprint density at radius 3 is 2.44 bits per heavy atom. The molecule has 1 aliphatic heterocycles. The lowest BCUT2D eigenvalue weighted by atomic mass is 10.2. The number of carbonyl (C=O) groups is 1. The van der Waals surface area contributed by atoms with E-state index >= 15 is 0 Å². The van der Waals surface area contributed by atoms with Gasteiger partial charge in [-0.1, -0.05) is 30.3 Å². The van der Waals surface area contributed by atoms with Crippen LogP contribution in [0, 0.1) is 0 Å². The van der Waals surface area contributed by atoms with Crippen LogP contribution in [0.25, 0.3) is 0 Å². The number of amides is 1. The molecule has 6 nitrogen and oxygen atoms in total. The van der Waals surface area contributed by atoms with Gasteiger partial charge >= 0.3 is 0 Å². The van der Waals surface area contributed by atoms with Gasteiger partial charge in [0, 0.05) is 12.2 Å². The Morgan fingerprint density at radius 2 is 1.80 bits per heavy atom. The van der Waals surface area contributed by atoms with Gasteiger partial charge < -0.3 is 9.64 Å². The van der Waals surface area contributed by atoms with Crippen molar-refractivity contribution < 1.29 is 17.9 Å². The second kappa shape index (κ2) is 7.25. The molecular weight excluding hydrogens is 340 g/mol. The fourth-order valence-electron chi connectivity index (χ4n) is 2.86. The van der Waals surface area contributed by atoms with E-state index in [1.54, 1.807) is 60.5 Å². The molecule has 1 atom stereocenters. The molecule has 0 aliphatic carbocycles. The number of benzene rings is 2. The van der Waals surface area contributed by atoms with E-state index in [9.17, 15) is 13.2 Å². The van der Waals surface area contributed by atoms with Crippen molar-refractivity contribution in [2.24, 2.45) is 0 Å². The molecule has 132 valence electrons. The van der Waals surface area contributed by atoms with Crippen LogP contribution in [-0.2, 0) is 20.6 Å². The summed E-state index contributed by atoms with van der Waals surface area (Å²) in [4.78, 5) is 14.2. The summed E-state index contributed by atoms with van der Waals surface area (Å²) >= 11 is 0. The summed E-state index contributed by atoms with van der Waals surface area (Å²) in [6, 6.07) is 15.3. The number of hydrogen-bond acceptors (Lipinski definition) is 4. The van der Waals surface area contributed by atoms with Crippen LogP contribution in [-0.4, -0.2) is 34.0 Å². The van der Waals surface area contributed by atoms with Crippen molar-refractivity contribution in [2.45, 2.75) is 18.2 Å². The molecule has 1 N–H and O–H groups in total. The largest absolute Gasteiger partial charge is 0.497 e. The van der Waals surface area contributed by atoms with Crippen LogP contribution >= 0.6 is 0 Å². The highest BCUT2D eigenvalue weighted by molar-refractivity contribution is 7.88. The Labute approximate surface area is 147 Å². The molecule has 2 aromatic rings. The third kappa shape index (κ3) is 4.18. The van der Waals surface area contributed by atoms with Crippen LogP contribution in [0.4, 0.5) is 5.69 Å². The van der Waals surface area contributed by atoms with Crippen molar-refractivity contribution in [2.75, 3.05) is 18.6 Å². The van der Waals surface area contributed by atoms with Gasteiger partial charge in [-0.25, -0.2) is 13.1 Å². The molecule has 0 spiro atoms. The highest BCUT2D eigenvalue weighted by atomic mass is 32.2. The number of nitrogens with zero attached hydrogens (tertiary/aromatic N) is 1. The molecule has 3 rings (SSSR count). The quantitative estimate of drug-likeness (QED) is 0.854. The molecule has 0 unspecified atom stereocenters. The number of rotatable bonds is 6. The van der Waals surface area contributed by atoms with Crippen LogP contribution in [0.3, 0.4) is 0 Å². The third-order valence-electron chi connectivity index (χ3n) is 4.11. The SMILES string of the molecule is COc1ccc(N2CC[C@@H](NS(=O)(=O)Cc3ccccc3)C2=O)cc1. The molecule has 1 heterocycles. The van der Waals surface area contributed by atoms with Gasteiger partial charge in [0.25, 0.3) is 0 Å². The van der Waals surface area contributed by atoms with Crippen LogP contribution in [0.2, 0.25) is 0 Å². The predicted octanol–water partition coefficient (Wildman–Crippen LogP) is 1.92. The van der Waals surface area contributed by atoms with E-state index in [2.05, 4.69) is 4.72 Å². The number of ether oxygens (including phenoxy) is 1. The van der Waals surface area contributed by atoms with Crippen LogP contribution < -0.4 is 14.4 Å². The van der Waals surface area contributed by atoms with Crippen LogP contribution in [0.15, 0.2) is 54.6 Å². The van der Waals surface area contributed by atoms with Gasteiger partial charge in [0.2, 0.25) is 15.9 Å². The smallest absolute Gasteiger partial charge is 0.245 e. The van der Waals surface area contributed by atoms with E-state index in [4.69, 9.17) is 4.74 Å². The zero-order valence-electron chi connectivity index (χ0n) is 13.9. The molecular formula is C18H20N2O4S. The van der Waals surface area contributed by atoms with Gasteiger partial charge in [-0.15, -0.1) is 0 Å². The maximum atomic E-state index is 12.6. The lowest BCUT2D eigenvalue weighted by Crippen LogP contribution is -2.41. The normalized spacial score (nSPS) is 17.7. The average Bonchev–Trinajstić information content (AvgIpc) is 2.95. The number of sulfonamides is 1. The number of anilines is 1. The first-order valence-electron chi connectivity index (χ1n) is 7.98. The second-order valence-corrected chi connectivity index (χ2v) is 7.65. The number of carbonyl (C=O) groups excluding carboxylic acids is 1. The first kappa shape index (κ1) is 17.4. The maximum Gasteiger partial charge on any atom is 0.245 e. The summed E-state index contributed by atoms with van der Waals surface area (Å²) in [5.74, 6) is 0.331. The summed E-state index contributed by atoms with van der Waals surface area (Å²) in [6.45, 7) is 0.476. The van der Waals surface area contributed by atoms with Crippen molar-refractivity contribution >= 4 is 21.6 Å². The van der Waals surface area contributed by atoms with E-state index in [0.29, 0.717) is 24.3 Å². The molecule has 2 aromatic carbocycles. The molecule has 1 saturated heterocycles. The Bertz CT molecular complexity index is 835. The highest BCUT2D eigenvalue weighted by Gasteiger charge is 2.35. The van der Waals surface area contributed by atoms with Crippen LogP contribution in [0.5, 0.6) is 5.75 Å². The van der Waals surface area contributed by atoms with Gasteiger partial charge in [0.15, 0.2) is 0 Å². The number of methoxy groups -OCH3 is 1. The molecule has 1 aliphatic rings. The molecule has 1 amide bonds. The Hall–Kier alpha value is -2.38. The average molecular weight is 360 g/mol. The molecule has 25 heavy (non-hydrogen) atoms. The predicted molar refractivity (Wildman–Crippen MR) is 96.0 cm³/mol. The first-order chi connectivity index (χ1) is 12.0. The van der Waals surface area contributed by atoms with Gasteiger partial charge in [-0.05, 0) is 36.2 Å². The second-order valence-electron chi connectivity index (χ2n) is 5.89. The minimum Gasteiger partial charge on any atom is -0.497 e. The van der Waals surface area contributed by atoms with Gasteiger partial charge in [-0.2, -0.15) is 0 Å².